The smallest absolute Gasteiger partial charge is 0.138 e. The fourth-order valence-corrected chi connectivity index (χ4v) is 1.78. The third-order valence-corrected chi connectivity index (χ3v) is 2.68. The van der Waals surface area contributed by atoms with E-state index in [4.69, 9.17) is 0 Å². The zero-order chi connectivity index (χ0) is 11.9. The van der Waals surface area contributed by atoms with E-state index in [1.807, 2.05) is 22.9 Å². The van der Waals surface area contributed by atoms with Gasteiger partial charge in [0.25, 0.3) is 0 Å². The Morgan fingerprint density at radius 2 is 2.06 bits per heavy atom. The third kappa shape index (κ3) is 3.31. The predicted octanol–water partition coefficient (Wildman–Crippen LogP) is 2.34. The molecule has 0 bridgehead atoms. The summed E-state index contributed by atoms with van der Waals surface area (Å²) in [5.41, 5.74) is 1.17. The van der Waals surface area contributed by atoms with Crippen molar-refractivity contribution in [3.63, 3.8) is 0 Å². The van der Waals surface area contributed by atoms with Gasteiger partial charge in [-0.1, -0.05) is 18.2 Å². The number of anilines is 1. The van der Waals surface area contributed by atoms with Crippen LogP contribution in [0.3, 0.4) is 0 Å². The number of hydrogen-bond acceptors (Lipinski definition) is 3. The van der Waals surface area contributed by atoms with Gasteiger partial charge < -0.3 is 5.32 Å². The van der Waals surface area contributed by atoms with Crippen molar-refractivity contribution < 1.29 is 0 Å². The lowest BCUT2D eigenvalue weighted by molar-refractivity contribution is 0.606. The first kappa shape index (κ1) is 11.6. The van der Waals surface area contributed by atoms with Gasteiger partial charge in [0, 0.05) is 25.2 Å². The van der Waals surface area contributed by atoms with Gasteiger partial charge in [0.1, 0.15) is 12.2 Å². The number of aromatic nitrogens is 3. The number of rotatable bonds is 6. The summed E-state index contributed by atoms with van der Waals surface area (Å²) in [5, 5.41) is 7.54. The average molecular weight is 230 g/mol. The van der Waals surface area contributed by atoms with Crippen LogP contribution in [0.15, 0.2) is 36.7 Å². The summed E-state index contributed by atoms with van der Waals surface area (Å²) in [5.74, 6) is 1.07. The molecule has 2 rings (SSSR count). The van der Waals surface area contributed by atoms with Crippen molar-refractivity contribution in [3.8, 4) is 0 Å². The van der Waals surface area contributed by atoms with E-state index in [0.717, 1.165) is 31.8 Å². The molecule has 0 aliphatic rings. The average Bonchev–Trinajstić information content (AvgIpc) is 2.83. The van der Waals surface area contributed by atoms with E-state index in [-0.39, 0.29) is 0 Å². The fourth-order valence-electron chi connectivity index (χ4n) is 1.78. The van der Waals surface area contributed by atoms with E-state index >= 15 is 0 Å². The number of nitrogens with one attached hydrogen (secondary N) is 1. The summed E-state index contributed by atoms with van der Waals surface area (Å²) >= 11 is 0. The number of hydrogen-bond donors (Lipinski definition) is 1. The summed E-state index contributed by atoms with van der Waals surface area (Å²) in [4.78, 5) is 4.26. The summed E-state index contributed by atoms with van der Waals surface area (Å²) in [6.45, 7) is 3.93. The molecule has 0 atom stereocenters. The molecule has 0 radical (unpaired) electrons. The number of benzene rings is 1. The topological polar surface area (TPSA) is 42.7 Å². The molecule has 1 aromatic heterocycles. The van der Waals surface area contributed by atoms with Crippen molar-refractivity contribution in [1.29, 1.82) is 0 Å². The molecule has 4 heteroatoms. The zero-order valence-corrected chi connectivity index (χ0v) is 10.1. The minimum Gasteiger partial charge on any atom is -0.385 e. The molecular weight excluding hydrogens is 212 g/mol. The van der Waals surface area contributed by atoms with E-state index in [1.165, 1.54) is 5.69 Å². The van der Waals surface area contributed by atoms with Crippen LogP contribution in [0.1, 0.15) is 19.2 Å². The van der Waals surface area contributed by atoms with Gasteiger partial charge in [-0.25, -0.2) is 4.98 Å². The van der Waals surface area contributed by atoms with Crippen LogP contribution in [0.2, 0.25) is 0 Å². The molecule has 1 N–H and O–H groups in total. The maximum absolute atomic E-state index is 4.26. The van der Waals surface area contributed by atoms with Gasteiger partial charge in [-0.3, -0.25) is 4.68 Å². The normalized spacial score (nSPS) is 10.4. The highest BCUT2D eigenvalue weighted by atomic mass is 15.3. The Bertz CT molecular complexity index is 436. The third-order valence-electron chi connectivity index (χ3n) is 2.68. The van der Waals surface area contributed by atoms with E-state index in [2.05, 4.69) is 34.5 Å². The summed E-state index contributed by atoms with van der Waals surface area (Å²) in [6, 6.07) is 10.3. The minimum atomic E-state index is 0.890. The molecule has 0 aliphatic carbocycles. The lowest BCUT2D eigenvalue weighted by Crippen LogP contribution is -2.07. The van der Waals surface area contributed by atoms with Crippen molar-refractivity contribution in [3.05, 3.63) is 42.5 Å². The Balaban J connectivity index is 1.73. The van der Waals surface area contributed by atoms with Gasteiger partial charge in [0.05, 0.1) is 0 Å². The van der Waals surface area contributed by atoms with Crippen LogP contribution in [-0.4, -0.2) is 21.3 Å². The largest absolute Gasteiger partial charge is 0.385 e. The second kappa shape index (κ2) is 6.03. The maximum Gasteiger partial charge on any atom is 0.138 e. The molecule has 0 amide bonds. The van der Waals surface area contributed by atoms with Crippen molar-refractivity contribution in [2.75, 3.05) is 11.9 Å². The first-order chi connectivity index (χ1) is 8.40. The molecule has 1 aromatic carbocycles. The molecule has 2 aromatic rings. The summed E-state index contributed by atoms with van der Waals surface area (Å²) in [6.07, 6.45) is 3.66. The van der Waals surface area contributed by atoms with Crippen molar-refractivity contribution in [2.24, 2.45) is 0 Å². The van der Waals surface area contributed by atoms with E-state index in [1.54, 1.807) is 6.33 Å². The molecule has 4 nitrogen and oxygen atoms in total. The molecule has 0 fully saturated rings. The Morgan fingerprint density at radius 3 is 2.82 bits per heavy atom. The van der Waals surface area contributed by atoms with Crippen LogP contribution in [0.4, 0.5) is 5.69 Å². The molecule has 1 heterocycles. The monoisotopic (exact) mass is 230 g/mol. The fraction of sp³-hybridized carbons (Fsp3) is 0.385. The first-order valence-electron chi connectivity index (χ1n) is 6.05. The van der Waals surface area contributed by atoms with Crippen LogP contribution in [0.25, 0.3) is 0 Å². The van der Waals surface area contributed by atoms with Gasteiger partial charge in [-0.2, -0.15) is 5.10 Å². The molecule has 0 spiro atoms. The lowest BCUT2D eigenvalue weighted by atomic mass is 10.2. The highest BCUT2D eigenvalue weighted by Crippen LogP contribution is 2.05. The van der Waals surface area contributed by atoms with Crippen LogP contribution in [0.5, 0.6) is 0 Å². The number of nitrogens with zero attached hydrogens (tertiary/aromatic N) is 3. The predicted molar refractivity (Wildman–Crippen MR) is 68.9 cm³/mol. The van der Waals surface area contributed by atoms with Crippen LogP contribution >= 0.6 is 0 Å². The van der Waals surface area contributed by atoms with Gasteiger partial charge >= 0.3 is 0 Å². The molecule has 0 saturated heterocycles. The van der Waals surface area contributed by atoms with E-state index in [9.17, 15) is 0 Å². The SMILES string of the molecule is CCn1ncnc1CCCNc1ccccc1. The Hall–Kier alpha value is -1.84. The zero-order valence-electron chi connectivity index (χ0n) is 10.1. The minimum absolute atomic E-state index is 0.890. The van der Waals surface area contributed by atoms with Gasteiger partial charge in [-0.05, 0) is 25.5 Å². The first-order valence-corrected chi connectivity index (χ1v) is 6.05. The molecule has 0 aliphatic heterocycles. The van der Waals surface area contributed by atoms with Gasteiger partial charge in [-0.15, -0.1) is 0 Å². The van der Waals surface area contributed by atoms with Crippen molar-refractivity contribution in [2.45, 2.75) is 26.3 Å². The molecule has 17 heavy (non-hydrogen) atoms. The van der Waals surface area contributed by atoms with Crippen LogP contribution in [0, 0.1) is 0 Å². The standard InChI is InChI=1S/C13H18N4/c1-2-17-13(15-11-16-17)9-6-10-14-12-7-4-3-5-8-12/h3-5,7-8,11,14H,2,6,9-10H2,1H3. The molecular formula is C13H18N4. The molecule has 0 unspecified atom stereocenters. The molecule has 90 valence electrons. The van der Waals surface area contributed by atoms with E-state index in [0.29, 0.717) is 0 Å². The second-order valence-corrected chi connectivity index (χ2v) is 3.89. The lowest BCUT2D eigenvalue weighted by Gasteiger charge is -2.06. The highest BCUT2D eigenvalue weighted by Gasteiger charge is 2.01. The second-order valence-electron chi connectivity index (χ2n) is 3.89. The Kier molecular flexibility index (Phi) is 4.13. The number of para-hydroxylation sites is 1. The quantitative estimate of drug-likeness (QED) is 0.775. The Labute approximate surface area is 102 Å². The van der Waals surface area contributed by atoms with Crippen molar-refractivity contribution in [1.82, 2.24) is 14.8 Å². The highest BCUT2D eigenvalue weighted by molar-refractivity contribution is 5.42. The van der Waals surface area contributed by atoms with Gasteiger partial charge in [0.15, 0.2) is 0 Å². The van der Waals surface area contributed by atoms with E-state index < -0.39 is 0 Å². The molecule has 0 saturated carbocycles. The van der Waals surface area contributed by atoms with Crippen molar-refractivity contribution >= 4 is 5.69 Å². The Morgan fingerprint density at radius 1 is 1.24 bits per heavy atom. The van der Waals surface area contributed by atoms with Crippen LogP contribution in [-0.2, 0) is 13.0 Å². The number of aryl methyl sites for hydroxylation is 2. The van der Waals surface area contributed by atoms with Crippen LogP contribution < -0.4 is 5.32 Å². The summed E-state index contributed by atoms with van der Waals surface area (Å²) < 4.78 is 1.95. The van der Waals surface area contributed by atoms with Gasteiger partial charge in [0.2, 0.25) is 0 Å². The maximum atomic E-state index is 4.26. The summed E-state index contributed by atoms with van der Waals surface area (Å²) in [7, 11) is 0.